The van der Waals surface area contributed by atoms with Crippen molar-refractivity contribution in [3.8, 4) is 0 Å². The molecule has 2 aromatic carbocycles. The summed E-state index contributed by atoms with van der Waals surface area (Å²) in [6, 6.07) is 11.2. The van der Waals surface area contributed by atoms with Gasteiger partial charge in [-0.1, -0.05) is 6.07 Å². The number of hydrogen-bond donors (Lipinski definition) is 2. The standard InChI is InChI=1S/C21H23N3O5S/c1-29-21(26)22-17-6-8-19(9-7-17)30(27,28)23-18-5-4-14-10-11-24(13-16(14)12-18)20(25)15-2-3-15/h4-9,12,15,23H,2-3,10-11,13H2,1H3,(H,22,26). The zero-order chi connectivity index (χ0) is 21.3. The first kappa shape index (κ1) is 20.2. The third kappa shape index (κ3) is 4.40. The van der Waals surface area contributed by atoms with E-state index in [0.29, 0.717) is 24.5 Å². The van der Waals surface area contributed by atoms with E-state index in [1.807, 2.05) is 11.0 Å². The summed E-state index contributed by atoms with van der Waals surface area (Å²) in [4.78, 5) is 25.5. The van der Waals surface area contributed by atoms with Gasteiger partial charge < -0.3 is 9.64 Å². The maximum Gasteiger partial charge on any atom is 0.411 e. The SMILES string of the molecule is COC(=O)Nc1ccc(S(=O)(=O)Nc2ccc3c(c2)CN(C(=O)C2CC2)CC3)cc1. The van der Waals surface area contributed by atoms with Crippen LogP contribution in [0.5, 0.6) is 0 Å². The minimum atomic E-state index is -3.80. The first-order valence-electron chi connectivity index (χ1n) is 9.74. The summed E-state index contributed by atoms with van der Waals surface area (Å²) in [5, 5.41) is 2.47. The van der Waals surface area contributed by atoms with Gasteiger partial charge >= 0.3 is 6.09 Å². The molecule has 1 heterocycles. The molecule has 0 bridgehead atoms. The Morgan fingerprint density at radius 3 is 2.40 bits per heavy atom. The van der Waals surface area contributed by atoms with Crippen LogP contribution in [0.3, 0.4) is 0 Å². The summed E-state index contributed by atoms with van der Waals surface area (Å²) in [6.45, 7) is 1.22. The molecule has 1 aliphatic heterocycles. The molecule has 2 aliphatic rings. The van der Waals surface area contributed by atoms with Crippen molar-refractivity contribution in [2.45, 2.75) is 30.7 Å². The maximum absolute atomic E-state index is 12.7. The van der Waals surface area contributed by atoms with Crippen LogP contribution in [0.25, 0.3) is 0 Å². The Hall–Kier alpha value is -3.07. The van der Waals surface area contributed by atoms with Crippen LogP contribution in [0, 0.1) is 5.92 Å². The maximum atomic E-state index is 12.7. The molecule has 0 atom stereocenters. The van der Waals surface area contributed by atoms with Gasteiger partial charge in [-0.2, -0.15) is 0 Å². The van der Waals surface area contributed by atoms with E-state index in [1.54, 1.807) is 12.1 Å². The number of amides is 2. The first-order valence-corrected chi connectivity index (χ1v) is 11.2. The molecule has 4 rings (SSSR count). The van der Waals surface area contributed by atoms with Gasteiger partial charge in [-0.15, -0.1) is 0 Å². The second-order valence-electron chi connectivity index (χ2n) is 7.51. The van der Waals surface area contributed by atoms with E-state index in [9.17, 15) is 18.0 Å². The van der Waals surface area contributed by atoms with Crippen LogP contribution >= 0.6 is 0 Å². The van der Waals surface area contributed by atoms with Crippen molar-refractivity contribution in [1.29, 1.82) is 0 Å². The lowest BCUT2D eigenvalue weighted by molar-refractivity contribution is -0.133. The van der Waals surface area contributed by atoms with E-state index >= 15 is 0 Å². The predicted octanol–water partition coefficient (Wildman–Crippen LogP) is 2.96. The predicted molar refractivity (Wildman–Crippen MR) is 112 cm³/mol. The highest BCUT2D eigenvalue weighted by Gasteiger charge is 2.34. The number of carbonyl (C=O) groups is 2. The summed E-state index contributed by atoms with van der Waals surface area (Å²) >= 11 is 0. The molecular weight excluding hydrogens is 406 g/mol. The average molecular weight is 429 g/mol. The molecule has 2 aromatic rings. The molecule has 0 unspecified atom stereocenters. The fraction of sp³-hybridized carbons (Fsp3) is 0.333. The summed E-state index contributed by atoms with van der Waals surface area (Å²) in [6.07, 6.45) is 2.08. The van der Waals surface area contributed by atoms with Gasteiger partial charge in [-0.25, -0.2) is 13.2 Å². The number of fused-ring (bicyclic) bond motifs is 1. The number of ether oxygens (including phenoxy) is 1. The molecule has 0 spiro atoms. The number of rotatable bonds is 5. The zero-order valence-electron chi connectivity index (χ0n) is 16.6. The van der Waals surface area contributed by atoms with Gasteiger partial charge in [0.2, 0.25) is 5.91 Å². The molecule has 9 heteroatoms. The van der Waals surface area contributed by atoms with Gasteiger partial charge in [0.05, 0.1) is 12.0 Å². The van der Waals surface area contributed by atoms with Crippen molar-refractivity contribution in [3.05, 3.63) is 53.6 Å². The number of nitrogens with one attached hydrogen (secondary N) is 2. The van der Waals surface area contributed by atoms with Crippen molar-refractivity contribution in [2.24, 2.45) is 5.92 Å². The van der Waals surface area contributed by atoms with Crippen LogP contribution in [-0.4, -0.2) is 39.0 Å². The van der Waals surface area contributed by atoms with Crippen molar-refractivity contribution in [2.75, 3.05) is 23.7 Å². The number of nitrogens with zero attached hydrogens (tertiary/aromatic N) is 1. The number of carbonyl (C=O) groups excluding carboxylic acids is 2. The van der Waals surface area contributed by atoms with Gasteiger partial charge in [0.15, 0.2) is 0 Å². The monoisotopic (exact) mass is 429 g/mol. The quantitative estimate of drug-likeness (QED) is 0.760. The van der Waals surface area contributed by atoms with Crippen molar-refractivity contribution in [1.82, 2.24) is 4.90 Å². The number of methoxy groups -OCH3 is 1. The van der Waals surface area contributed by atoms with Crippen LogP contribution in [0.2, 0.25) is 0 Å². The highest BCUT2D eigenvalue weighted by atomic mass is 32.2. The second-order valence-corrected chi connectivity index (χ2v) is 9.20. The van der Waals surface area contributed by atoms with Crippen molar-refractivity contribution < 1.29 is 22.7 Å². The minimum Gasteiger partial charge on any atom is -0.453 e. The lowest BCUT2D eigenvalue weighted by Gasteiger charge is -2.29. The summed E-state index contributed by atoms with van der Waals surface area (Å²) < 4.78 is 32.6. The van der Waals surface area contributed by atoms with E-state index in [2.05, 4.69) is 14.8 Å². The van der Waals surface area contributed by atoms with E-state index in [0.717, 1.165) is 30.4 Å². The number of benzene rings is 2. The average Bonchev–Trinajstić information content (AvgIpc) is 3.58. The van der Waals surface area contributed by atoms with Gasteiger partial charge in [0.25, 0.3) is 10.0 Å². The molecule has 0 aromatic heterocycles. The molecule has 2 amide bonds. The van der Waals surface area contributed by atoms with Crippen LogP contribution < -0.4 is 10.0 Å². The highest BCUT2D eigenvalue weighted by Crippen LogP contribution is 2.33. The number of anilines is 2. The normalized spacial score (nSPS) is 15.8. The number of hydrogen-bond acceptors (Lipinski definition) is 5. The topological polar surface area (TPSA) is 105 Å². The zero-order valence-corrected chi connectivity index (χ0v) is 17.4. The first-order chi connectivity index (χ1) is 14.4. The molecule has 0 saturated heterocycles. The molecular formula is C21H23N3O5S. The molecule has 158 valence electrons. The van der Waals surface area contributed by atoms with Crippen LogP contribution in [0.1, 0.15) is 24.0 Å². The summed E-state index contributed by atoms with van der Waals surface area (Å²) in [7, 11) is -2.55. The Morgan fingerprint density at radius 2 is 1.73 bits per heavy atom. The molecule has 2 N–H and O–H groups in total. The van der Waals surface area contributed by atoms with E-state index in [4.69, 9.17) is 0 Å². The highest BCUT2D eigenvalue weighted by molar-refractivity contribution is 7.92. The molecule has 1 saturated carbocycles. The lowest BCUT2D eigenvalue weighted by Crippen LogP contribution is -2.36. The van der Waals surface area contributed by atoms with E-state index in [1.165, 1.54) is 31.4 Å². The van der Waals surface area contributed by atoms with Crippen molar-refractivity contribution >= 4 is 33.4 Å². The minimum absolute atomic E-state index is 0.0705. The van der Waals surface area contributed by atoms with Crippen LogP contribution in [0.15, 0.2) is 47.4 Å². The number of sulfonamides is 1. The molecule has 1 fully saturated rings. The third-order valence-corrected chi connectivity index (χ3v) is 6.70. The van der Waals surface area contributed by atoms with Gasteiger partial charge in [-0.3, -0.25) is 14.8 Å². The van der Waals surface area contributed by atoms with E-state index in [-0.39, 0.29) is 16.7 Å². The van der Waals surface area contributed by atoms with Gasteiger partial charge in [0.1, 0.15) is 0 Å². The second kappa shape index (κ2) is 7.98. The molecule has 1 aliphatic carbocycles. The third-order valence-electron chi connectivity index (χ3n) is 5.31. The Kier molecular flexibility index (Phi) is 5.38. The Labute approximate surface area is 175 Å². The Balaban J connectivity index is 1.48. The summed E-state index contributed by atoms with van der Waals surface area (Å²) in [5.74, 6) is 0.372. The Bertz CT molecular complexity index is 1080. The van der Waals surface area contributed by atoms with Crippen LogP contribution in [-0.2, 0) is 32.5 Å². The largest absolute Gasteiger partial charge is 0.453 e. The molecule has 0 radical (unpaired) electrons. The van der Waals surface area contributed by atoms with Gasteiger partial charge in [0, 0.05) is 30.4 Å². The smallest absolute Gasteiger partial charge is 0.411 e. The van der Waals surface area contributed by atoms with Crippen molar-refractivity contribution in [3.63, 3.8) is 0 Å². The van der Waals surface area contributed by atoms with Crippen LogP contribution in [0.4, 0.5) is 16.2 Å². The summed E-state index contributed by atoms with van der Waals surface area (Å²) in [5.41, 5.74) is 2.98. The Morgan fingerprint density at radius 1 is 1.03 bits per heavy atom. The fourth-order valence-electron chi connectivity index (χ4n) is 3.50. The lowest BCUT2D eigenvalue weighted by atomic mass is 9.99. The van der Waals surface area contributed by atoms with E-state index < -0.39 is 16.1 Å². The molecule has 8 nitrogen and oxygen atoms in total. The fourth-order valence-corrected chi connectivity index (χ4v) is 4.55. The molecule has 30 heavy (non-hydrogen) atoms. The van der Waals surface area contributed by atoms with Gasteiger partial charge in [-0.05, 0) is 66.8 Å².